The number of anilines is 1. The van der Waals surface area contributed by atoms with Gasteiger partial charge >= 0.3 is 5.97 Å². The first-order valence-electron chi connectivity index (χ1n) is 10.2. The smallest absolute Gasteiger partial charge is 0.347 e. The zero-order valence-electron chi connectivity index (χ0n) is 18.2. The minimum absolute atomic E-state index is 0.0772. The Morgan fingerprint density at radius 1 is 1.21 bits per heavy atom. The summed E-state index contributed by atoms with van der Waals surface area (Å²) >= 11 is 9.92. The third-order valence-corrected chi connectivity index (χ3v) is 6.02. The van der Waals surface area contributed by atoms with Crippen LogP contribution in [0.1, 0.15) is 26.3 Å². The number of rotatable bonds is 8. The van der Waals surface area contributed by atoms with E-state index < -0.39 is 23.9 Å². The Balaban J connectivity index is 1.98. The van der Waals surface area contributed by atoms with Crippen LogP contribution in [0.5, 0.6) is 11.5 Å². The fourth-order valence-electron chi connectivity index (χ4n) is 3.04. The fourth-order valence-corrected chi connectivity index (χ4v) is 3.69. The molecule has 3 rings (SSSR count). The molecule has 0 bridgehead atoms. The number of benzene rings is 2. The van der Waals surface area contributed by atoms with Crippen molar-refractivity contribution in [2.24, 2.45) is 0 Å². The number of hydrazine groups is 1. The lowest BCUT2D eigenvalue weighted by atomic mass is 10.1. The molecule has 0 saturated carbocycles. The number of esters is 1. The third-order valence-electron chi connectivity index (χ3n) is 4.57. The van der Waals surface area contributed by atoms with Gasteiger partial charge in [0.05, 0.1) is 18.9 Å². The minimum atomic E-state index is -0.931. The van der Waals surface area contributed by atoms with Gasteiger partial charge in [0.1, 0.15) is 10.6 Å². The lowest BCUT2D eigenvalue weighted by molar-refractivity contribution is -0.150. The van der Waals surface area contributed by atoms with E-state index in [-0.39, 0.29) is 28.7 Å². The van der Waals surface area contributed by atoms with Gasteiger partial charge in [0.15, 0.2) is 17.6 Å². The molecule has 0 aliphatic carbocycles. The van der Waals surface area contributed by atoms with Gasteiger partial charge in [-0.3, -0.25) is 15.0 Å². The monoisotopic (exact) mass is 536 g/mol. The number of nitrogens with zero attached hydrogens (tertiary/aromatic N) is 1. The van der Waals surface area contributed by atoms with E-state index in [1.54, 1.807) is 44.2 Å². The molecule has 1 atom stereocenters. The van der Waals surface area contributed by atoms with Crippen molar-refractivity contribution in [1.29, 1.82) is 0 Å². The molecule has 2 amide bonds. The molecule has 0 spiro atoms. The molecular formula is C23H22BrClN2O6. The Bertz CT molecular complexity index is 1110. The maximum absolute atomic E-state index is 12.9. The highest BCUT2D eigenvalue weighted by Crippen LogP contribution is 2.44. The third kappa shape index (κ3) is 5.31. The topological polar surface area (TPSA) is 94.2 Å². The van der Waals surface area contributed by atoms with Crippen LogP contribution in [0.25, 0.3) is 6.08 Å². The molecule has 1 aliphatic heterocycles. The molecule has 2 aromatic carbocycles. The normalized spacial score (nSPS) is 15.4. The van der Waals surface area contributed by atoms with E-state index in [0.29, 0.717) is 22.3 Å². The summed E-state index contributed by atoms with van der Waals surface area (Å²) in [4.78, 5) is 37.4. The molecule has 1 N–H and O–H groups in total. The predicted molar refractivity (Wildman–Crippen MR) is 127 cm³/mol. The van der Waals surface area contributed by atoms with Crippen LogP contribution in [-0.2, 0) is 19.1 Å². The summed E-state index contributed by atoms with van der Waals surface area (Å²) in [5, 5.41) is 1.29. The quantitative estimate of drug-likeness (QED) is 0.307. The van der Waals surface area contributed by atoms with Crippen LogP contribution in [0.15, 0.2) is 46.4 Å². The van der Waals surface area contributed by atoms with E-state index in [1.807, 2.05) is 6.07 Å². The van der Waals surface area contributed by atoms with E-state index in [9.17, 15) is 14.4 Å². The molecule has 0 unspecified atom stereocenters. The van der Waals surface area contributed by atoms with Crippen LogP contribution in [0, 0.1) is 0 Å². The second-order valence-corrected chi connectivity index (χ2v) is 8.01. The number of nitrogens with one attached hydrogen (secondary N) is 1. The van der Waals surface area contributed by atoms with Crippen molar-refractivity contribution in [3.63, 3.8) is 0 Å². The van der Waals surface area contributed by atoms with Gasteiger partial charge < -0.3 is 14.2 Å². The van der Waals surface area contributed by atoms with Crippen LogP contribution in [-0.4, -0.2) is 37.1 Å². The van der Waals surface area contributed by atoms with Crippen LogP contribution in [0.4, 0.5) is 5.69 Å². The maximum atomic E-state index is 12.9. The Labute approximate surface area is 204 Å². The van der Waals surface area contributed by atoms with Crippen LogP contribution < -0.4 is 19.9 Å². The molecule has 0 aromatic heterocycles. The summed E-state index contributed by atoms with van der Waals surface area (Å²) in [6.45, 7) is 5.51. The molecule has 2 aromatic rings. The number of hydrogen-bond donors (Lipinski definition) is 1. The van der Waals surface area contributed by atoms with Crippen molar-refractivity contribution >= 4 is 57.1 Å². The summed E-state index contributed by atoms with van der Waals surface area (Å²) in [6, 6.07) is 10.3. The number of para-hydroxylation sites is 1. The number of carbonyl (C=O) groups excluding carboxylic acids is 3. The number of halogens is 2. The summed E-state index contributed by atoms with van der Waals surface area (Å²) in [5.41, 5.74) is 3.42. The molecule has 1 aliphatic rings. The summed E-state index contributed by atoms with van der Waals surface area (Å²) in [6.07, 6.45) is 0.483. The van der Waals surface area contributed by atoms with Gasteiger partial charge in [-0.15, -0.1) is 0 Å². The average Bonchev–Trinajstić information content (AvgIpc) is 3.08. The van der Waals surface area contributed by atoms with Crippen molar-refractivity contribution in [3.8, 4) is 11.5 Å². The highest BCUT2D eigenvalue weighted by molar-refractivity contribution is 9.10. The number of amides is 2. The molecule has 1 fully saturated rings. The molecule has 0 radical (unpaired) electrons. The van der Waals surface area contributed by atoms with E-state index in [4.69, 9.17) is 25.8 Å². The van der Waals surface area contributed by atoms with Crippen molar-refractivity contribution in [2.45, 2.75) is 26.9 Å². The van der Waals surface area contributed by atoms with E-state index in [1.165, 1.54) is 18.0 Å². The second kappa shape index (κ2) is 10.7. The van der Waals surface area contributed by atoms with Gasteiger partial charge in [-0.1, -0.05) is 29.8 Å². The van der Waals surface area contributed by atoms with Crippen LogP contribution >= 0.6 is 27.5 Å². The number of ether oxygens (including phenoxy) is 3. The molecule has 1 heterocycles. The zero-order chi connectivity index (χ0) is 24.1. The van der Waals surface area contributed by atoms with Crippen LogP contribution in [0.3, 0.4) is 0 Å². The van der Waals surface area contributed by atoms with Gasteiger partial charge in [0.25, 0.3) is 11.8 Å². The molecule has 10 heteroatoms. The molecular weight excluding hydrogens is 516 g/mol. The Morgan fingerprint density at radius 2 is 1.91 bits per heavy atom. The van der Waals surface area contributed by atoms with Crippen molar-refractivity contribution in [3.05, 3.63) is 57.0 Å². The summed E-state index contributed by atoms with van der Waals surface area (Å²) < 4.78 is 16.7. The van der Waals surface area contributed by atoms with E-state index >= 15 is 0 Å². The molecule has 8 nitrogen and oxygen atoms in total. The Kier molecular flexibility index (Phi) is 7.99. The van der Waals surface area contributed by atoms with Gasteiger partial charge in [-0.2, -0.15) is 0 Å². The standard InChI is InChI=1S/C23H22BrClN2O6/c1-4-31-17-12-14(18(24)19(25)20(17)33-13(3)23(30)32-5-2)11-16-21(28)26-27(22(16)29)15-9-7-6-8-10-15/h6-13H,4-5H2,1-3H3,(H,26,28)/b16-11-/t13-/m1/s1. The first-order valence-corrected chi connectivity index (χ1v) is 11.4. The highest BCUT2D eigenvalue weighted by atomic mass is 79.9. The first kappa shape index (κ1) is 24.6. The van der Waals surface area contributed by atoms with E-state index in [2.05, 4.69) is 21.4 Å². The zero-order valence-corrected chi connectivity index (χ0v) is 20.5. The van der Waals surface area contributed by atoms with E-state index in [0.717, 1.165) is 0 Å². The van der Waals surface area contributed by atoms with Crippen molar-refractivity contribution in [2.75, 3.05) is 18.2 Å². The van der Waals surface area contributed by atoms with Gasteiger partial charge in [0.2, 0.25) is 0 Å². The van der Waals surface area contributed by atoms with Crippen molar-refractivity contribution in [1.82, 2.24) is 5.43 Å². The lowest BCUT2D eigenvalue weighted by Crippen LogP contribution is -2.35. The largest absolute Gasteiger partial charge is 0.490 e. The molecule has 174 valence electrons. The summed E-state index contributed by atoms with van der Waals surface area (Å²) in [7, 11) is 0. The molecule has 33 heavy (non-hydrogen) atoms. The van der Waals surface area contributed by atoms with Gasteiger partial charge in [-0.05, 0) is 66.5 Å². The number of carbonyl (C=O) groups is 3. The second-order valence-electron chi connectivity index (χ2n) is 6.84. The lowest BCUT2D eigenvalue weighted by Gasteiger charge is -2.19. The highest BCUT2D eigenvalue weighted by Gasteiger charge is 2.35. The Morgan fingerprint density at radius 3 is 2.55 bits per heavy atom. The Hall–Kier alpha value is -3.04. The average molecular weight is 538 g/mol. The fraction of sp³-hybridized carbons (Fsp3) is 0.261. The molecule has 1 saturated heterocycles. The first-order chi connectivity index (χ1) is 15.8. The van der Waals surface area contributed by atoms with Gasteiger partial charge in [-0.25, -0.2) is 9.80 Å². The predicted octanol–water partition coefficient (Wildman–Crippen LogP) is 4.29. The minimum Gasteiger partial charge on any atom is -0.490 e. The van der Waals surface area contributed by atoms with Gasteiger partial charge in [0, 0.05) is 4.47 Å². The van der Waals surface area contributed by atoms with Crippen molar-refractivity contribution < 1.29 is 28.6 Å². The van der Waals surface area contributed by atoms with Crippen LogP contribution in [0.2, 0.25) is 5.02 Å². The number of hydrogen-bond acceptors (Lipinski definition) is 6. The summed E-state index contributed by atoms with van der Waals surface area (Å²) in [5.74, 6) is -1.22. The SMILES string of the molecule is CCOC(=O)[C@@H](C)Oc1c(OCC)cc(/C=C2/C(=O)NN(c3ccccc3)C2=O)c(Br)c1Cl. The maximum Gasteiger partial charge on any atom is 0.347 e.